The van der Waals surface area contributed by atoms with Crippen molar-refractivity contribution in [3.05, 3.63) is 35.6 Å². The van der Waals surface area contributed by atoms with E-state index in [0.29, 0.717) is 32.4 Å². The predicted molar refractivity (Wildman–Crippen MR) is 75.8 cm³/mol. The molecule has 4 nitrogen and oxygen atoms in total. The fourth-order valence-corrected chi connectivity index (χ4v) is 3.35. The Kier molecular flexibility index (Phi) is 3.66. The Balaban J connectivity index is 1.83. The molecule has 3 rings (SSSR count). The zero-order chi connectivity index (χ0) is 14.9. The molecule has 21 heavy (non-hydrogen) atoms. The summed E-state index contributed by atoms with van der Waals surface area (Å²) in [7, 11) is 0. The maximum absolute atomic E-state index is 13.3. The van der Waals surface area contributed by atoms with Gasteiger partial charge in [0.2, 0.25) is 11.8 Å². The van der Waals surface area contributed by atoms with Gasteiger partial charge in [-0.1, -0.05) is 25.0 Å². The van der Waals surface area contributed by atoms with Gasteiger partial charge in [-0.25, -0.2) is 4.39 Å². The maximum atomic E-state index is 13.3. The van der Waals surface area contributed by atoms with Gasteiger partial charge in [0.05, 0.1) is 0 Å². The number of nitrogens with one attached hydrogen (secondary N) is 1. The second-order valence-electron chi connectivity index (χ2n) is 5.94. The molecule has 5 heteroatoms. The summed E-state index contributed by atoms with van der Waals surface area (Å²) in [4.78, 5) is 26.4. The number of nitrogens with zero attached hydrogens (tertiary/aromatic N) is 1. The van der Waals surface area contributed by atoms with Crippen LogP contribution in [-0.4, -0.2) is 28.8 Å². The Labute approximate surface area is 123 Å². The van der Waals surface area contributed by atoms with Crippen LogP contribution in [0.3, 0.4) is 0 Å². The molecule has 0 unspecified atom stereocenters. The fourth-order valence-electron chi connectivity index (χ4n) is 3.35. The normalized spacial score (nSPS) is 21.5. The number of benzene rings is 1. The lowest BCUT2D eigenvalue weighted by atomic mass is 9.95. The van der Waals surface area contributed by atoms with E-state index in [0.717, 1.165) is 18.4 Å². The second-order valence-corrected chi connectivity index (χ2v) is 5.94. The Morgan fingerprint density at radius 2 is 2.00 bits per heavy atom. The molecule has 2 amide bonds. The van der Waals surface area contributed by atoms with Crippen LogP contribution >= 0.6 is 0 Å². The SMILES string of the molecule is O=C1CCN(Cc2cccc(F)c2)C(=O)C2(CCCC2)N1. The first-order chi connectivity index (χ1) is 10.1. The van der Waals surface area contributed by atoms with Crippen molar-refractivity contribution in [2.75, 3.05) is 6.54 Å². The Morgan fingerprint density at radius 3 is 2.71 bits per heavy atom. The van der Waals surface area contributed by atoms with Crippen molar-refractivity contribution in [2.45, 2.75) is 44.2 Å². The predicted octanol–water partition coefficient (Wildman–Crippen LogP) is 1.99. The molecule has 0 aromatic heterocycles. The highest BCUT2D eigenvalue weighted by atomic mass is 19.1. The monoisotopic (exact) mass is 290 g/mol. The average Bonchev–Trinajstić information content (AvgIpc) is 2.88. The molecular weight excluding hydrogens is 271 g/mol. The zero-order valence-corrected chi connectivity index (χ0v) is 11.9. The number of carbonyl (C=O) groups excluding carboxylic acids is 2. The first-order valence-corrected chi connectivity index (χ1v) is 7.44. The molecule has 1 saturated heterocycles. The van der Waals surface area contributed by atoms with Crippen molar-refractivity contribution in [1.29, 1.82) is 0 Å². The van der Waals surface area contributed by atoms with Crippen molar-refractivity contribution in [3.63, 3.8) is 0 Å². The van der Waals surface area contributed by atoms with Crippen LogP contribution in [0.1, 0.15) is 37.7 Å². The topological polar surface area (TPSA) is 49.4 Å². The van der Waals surface area contributed by atoms with Gasteiger partial charge >= 0.3 is 0 Å². The quantitative estimate of drug-likeness (QED) is 0.905. The van der Waals surface area contributed by atoms with E-state index >= 15 is 0 Å². The molecule has 2 aliphatic rings. The summed E-state index contributed by atoms with van der Waals surface area (Å²) in [5, 5.41) is 2.93. The van der Waals surface area contributed by atoms with E-state index < -0.39 is 5.54 Å². The molecule has 1 aromatic rings. The molecule has 1 aliphatic heterocycles. The van der Waals surface area contributed by atoms with E-state index in [1.54, 1.807) is 17.0 Å². The van der Waals surface area contributed by atoms with Crippen LogP contribution in [0.25, 0.3) is 0 Å². The van der Waals surface area contributed by atoms with Crippen molar-refractivity contribution < 1.29 is 14.0 Å². The van der Waals surface area contributed by atoms with Gasteiger partial charge in [0.15, 0.2) is 0 Å². The maximum Gasteiger partial charge on any atom is 0.248 e. The molecule has 0 atom stereocenters. The van der Waals surface area contributed by atoms with Gasteiger partial charge in [0.25, 0.3) is 0 Å². The second kappa shape index (κ2) is 5.47. The van der Waals surface area contributed by atoms with Crippen molar-refractivity contribution in [3.8, 4) is 0 Å². The standard InChI is InChI=1S/C16H19FN2O2/c17-13-5-3-4-12(10-13)11-19-9-6-14(20)18-16(15(19)21)7-1-2-8-16/h3-5,10H,1-2,6-9,11H2,(H,18,20). The molecule has 2 fully saturated rings. The fraction of sp³-hybridized carbons (Fsp3) is 0.500. The van der Waals surface area contributed by atoms with Gasteiger partial charge in [0, 0.05) is 19.5 Å². The minimum atomic E-state index is -0.721. The molecule has 1 saturated carbocycles. The van der Waals surface area contributed by atoms with E-state index in [2.05, 4.69) is 5.32 Å². The van der Waals surface area contributed by atoms with Crippen LogP contribution < -0.4 is 5.32 Å². The molecular formula is C16H19FN2O2. The molecule has 1 aromatic carbocycles. The van der Waals surface area contributed by atoms with Crippen LogP contribution in [0.2, 0.25) is 0 Å². The van der Waals surface area contributed by atoms with Crippen LogP contribution in [0.5, 0.6) is 0 Å². The molecule has 0 radical (unpaired) electrons. The largest absolute Gasteiger partial charge is 0.342 e. The van der Waals surface area contributed by atoms with Crippen LogP contribution in [0.4, 0.5) is 4.39 Å². The smallest absolute Gasteiger partial charge is 0.248 e. The van der Waals surface area contributed by atoms with E-state index in [-0.39, 0.29) is 17.6 Å². The number of halogens is 1. The summed E-state index contributed by atoms with van der Waals surface area (Å²) >= 11 is 0. The van der Waals surface area contributed by atoms with Gasteiger partial charge in [-0.3, -0.25) is 9.59 Å². The lowest BCUT2D eigenvalue weighted by molar-refractivity contribution is -0.139. The highest BCUT2D eigenvalue weighted by Gasteiger charge is 2.46. The van der Waals surface area contributed by atoms with E-state index in [9.17, 15) is 14.0 Å². The first kappa shape index (κ1) is 14.0. The molecule has 1 aliphatic carbocycles. The third kappa shape index (κ3) is 2.77. The van der Waals surface area contributed by atoms with Gasteiger partial charge in [-0.15, -0.1) is 0 Å². The zero-order valence-electron chi connectivity index (χ0n) is 11.9. The summed E-state index contributed by atoms with van der Waals surface area (Å²) < 4.78 is 13.3. The molecule has 112 valence electrons. The summed E-state index contributed by atoms with van der Waals surface area (Å²) in [6, 6.07) is 6.27. The van der Waals surface area contributed by atoms with Gasteiger partial charge in [-0.2, -0.15) is 0 Å². The van der Waals surface area contributed by atoms with Crippen molar-refractivity contribution in [2.24, 2.45) is 0 Å². The average molecular weight is 290 g/mol. The summed E-state index contributed by atoms with van der Waals surface area (Å²) in [6.45, 7) is 0.746. The van der Waals surface area contributed by atoms with Crippen molar-refractivity contribution >= 4 is 11.8 Å². The number of carbonyl (C=O) groups is 2. The van der Waals surface area contributed by atoms with Crippen LogP contribution in [-0.2, 0) is 16.1 Å². The minimum Gasteiger partial charge on any atom is -0.342 e. The molecule has 1 N–H and O–H groups in total. The number of amides is 2. The Morgan fingerprint density at radius 1 is 1.24 bits per heavy atom. The molecule has 0 bridgehead atoms. The van der Waals surface area contributed by atoms with Gasteiger partial charge < -0.3 is 10.2 Å². The van der Waals surface area contributed by atoms with E-state index in [4.69, 9.17) is 0 Å². The summed E-state index contributed by atoms with van der Waals surface area (Å²) in [5.74, 6) is -0.387. The Hall–Kier alpha value is -1.91. The summed E-state index contributed by atoms with van der Waals surface area (Å²) in [6.07, 6.45) is 3.64. The van der Waals surface area contributed by atoms with E-state index in [1.807, 2.05) is 0 Å². The third-order valence-corrected chi connectivity index (χ3v) is 4.40. The lowest BCUT2D eigenvalue weighted by Gasteiger charge is -2.31. The van der Waals surface area contributed by atoms with Gasteiger partial charge in [0.1, 0.15) is 11.4 Å². The minimum absolute atomic E-state index is 0.0184. The van der Waals surface area contributed by atoms with Crippen molar-refractivity contribution in [1.82, 2.24) is 10.2 Å². The van der Waals surface area contributed by atoms with Crippen LogP contribution in [0.15, 0.2) is 24.3 Å². The number of hydrogen-bond donors (Lipinski definition) is 1. The summed E-state index contributed by atoms with van der Waals surface area (Å²) in [5.41, 5.74) is 0.0341. The van der Waals surface area contributed by atoms with Gasteiger partial charge in [-0.05, 0) is 30.5 Å². The first-order valence-electron chi connectivity index (χ1n) is 7.44. The molecule has 1 heterocycles. The van der Waals surface area contributed by atoms with E-state index in [1.165, 1.54) is 12.1 Å². The highest BCUT2D eigenvalue weighted by Crippen LogP contribution is 2.33. The third-order valence-electron chi connectivity index (χ3n) is 4.40. The highest BCUT2D eigenvalue weighted by molar-refractivity contribution is 5.93. The number of hydrogen-bond acceptors (Lipinski definition) is 2. The number of rotatable bonds is 2. The molecule has 1 spiro atoms. The Bertz CT molecular complexity index is 567. The van der Waals surface area contributed by atoms with Crippen LogP contribution in [0, 0.1) is 5.82 Å². The lowest BCUT2D eigenvalue weighted by Crippen LogP contribution is -2.55.